The van der Waals surface area contributed by atoms with Gasteiger partial charge in [-0.2, -0.15) is 0 Å². The summed E-state index contributed by atoms with van der Waals surface area (Å²) in [6.07, 6.45) is 0. The third kappa shape index (κ3) is 2.94. The van der Waals surface area contributed by atoms with E-state index in [1.165, 1.54) is 0 Å². The van der Waals surface area contributed by atoms with E-state index in [9.17, 15) is 5.11 Å². The second-order valence-electron chi connectivity index (χ2n) is 3.94. The molecule has 0 aromatic heterocycles. The van der Waals surface area contributed by atoms with Crippen LogP contribution in [0.5, 0.6) is 0 Å². The van der Waals surface area contributed by atoms with E-state index < -0.39 is 5.60 Å². The first-order chi connectivity index (χ1) is 6.98. The molecule has 0 fully saturated rings. The van der Waals surface area contributed by atoms with E-state index >= 15 is 0 Å². The van der Waals surface area contributed by atoms with Crippen molar-refractivity contribution in [3.8, 4) is 0 Å². The first-order valence-electron chi connectivity index (χ1n) is 5.20. The van der Waals surface area contributed by atoms with Crippen LogP contribution in [0.25, 0.3) is 0 Å². The summed E-state index contributed by atoms with van der Waals surface area (Å²) in [5.41, 5.74) is -0.0653. The highest BCUT2D eigenvalue weighted by atomic mass is 35.5. The summed E-state index contributed by atoms with van der Waals surface area (Å²) in [5, 5.41) is 14.2. The summed E-state index contributed by atoms with van der Waals surface area (Å²) in [6.45, 7) is 6.61. The second kappa shape index (κ2) is 4.97. The van der Waals surface area contributed by atoms with Crippen LogP contribution in [-0.2, 0) is 5.60 Å². The van der Waals surface area contributed by atoms with Gasteiger partial charge >= 0.3 is 0 Å². The van der Waals surface area contributed by atoms with Gasteiger partial charge in [-0.05, 0) is 38.1 Å². The van der Waals surface area contributed by atoms with Gasteiger partial charge in [0.05, 0.1) is 0 Å². The van der Waals surface area contributed by atoms with E-state index in [1.807, 2.05) is 26.0 Å². The summed E-state index contributed by atoms with van der Waals surface area (Å²) in [5.74, 6) is 0. The van der Waals surface area contributed by atoms with Crippen LogP contribution < -0.4 is 5.32 Å². The van der Waals surface area contributed by atoms with E-state index in [4.69, 9.17) is 11.6 Å². The molecule has 0 bridgehead atoms. The third-order valence-electron chi connectivity index (χ3n) is 2.76. The highest BCUT2D eigenvalue weighted by molar-refractivity contribution is 6.30. The Kier molecular flexibility index (Phi) is 4.14. The molecule has 2 atom stereocenters. The second-order valence-corrected chi connectivity index (χ2v) is 4.37. The van der Waals surface area contributed by atoms with E-state index in [1.54, 1.807) is 19.1 Å². The van der Waals surface area contributed by atoms with Crippen LogP contribution in [-0.4, -0.2) is 17.7 Å². The molecule has 0 saturated heterocycles. The quantitative estimate of drug-likeness (QED) is 0.829. The van der Waals surface area contributed by atoms with Gasteiger partial charge in [-0.3, -0.25) is 0 Å². The maximum atomic E-state index is 10.4. The number of benzene rings is 1. The number of nitrogens with one attached hydrogen (secondary N) is 1. The molecule has 0 aliphatic carbocycles. The predicted molar refractivity (Wildman–Crippen MR) is 64.2 cm³/mol. The van der Waals surface area contributed by atoms with Gasteiger partial charge in [-0.15, -0.1) is 0 Å². The van der Waals surface area contributed by atoms with Gasteiger partial charge in [0.25, 0.3) is 0 Å². The van der Waals surface area contributed by atoms with Crippen molar-refractivity contribution >= 4 is 11.6 Å². The van der Waals surface area contributed by atoms with E-state index in [0.717, 1.165) is 12.1 Å². The van der Waals surface area contributed by atoms with Gasteiger partial charge in [-0.1, -0.05) is 30.7 Å². The molecular weight excluding hydrogens is 210 g/mol. The van der Waals surface area contributed by atoms with Crippen molar-refractivity contribution in [2.24, 2.45) is 0 Å². The standard InChI is InChI=1S/C12H18ClNO/c1-4-14-9(2)12(3,15)10-6-5-7-11(13)8-10/h5-9,14-15H,4H2,1-3H3. The van der Waals surface area contributed by atoms with Gasteiger partial charge < -0.3 is 10.4 Å². The van der Waals surface area contributed by atoms with Crippen molar-refractivity contribution in [1.29, 1.82) is 0 Å². The number of likely N-dealkylation sites (N-methyl/N-ethyl adjacent to an activating group) is 1. The Hall–Kier alpha value is -0.570. The van der Waals surface area contributed by atoms with E-state index in [2.05, 4.69) is 5.32 Å². The number of hydrogen-bond donors (Lipinski definition) is 2. The van der Waals surface area contributed by atoms with Crippen LogP contribution in [0.15, 0.2) is 24.3 Å². The van der Waals surface area contributed by atoms with Crippen molar-refractivity contribution in [3.63, 3.8) is 0 Å². The van der Waals surface area contributed by atoms with Crippen molar-refractivity contribution in [2.75, 3.05) is 6.54 Å². The molecule has 15 heavy (non-hydrogen) atoms. The average Bonchev–Trinajstić information content (AvgIpc) is 2.18. The molecule has 0 aliphatic heterocycles. The third-order valence-corrected chi connectivity index (χ3v) is 3.00. The van der Waals surface area contributed by atoms with Crippen LogP contribution in [0.1, 0.15) is 26.3 Å². The molecule has 0 radical (unpaired) electrons. The normalized spacial score (nSPS) is 17.1. The molecule has 2 N–H and O–H groups in total. The zero-order chi connectivity index (χ0) is 11.5. The van der Waals surface area contributed by atoms with Crippen LogP contribution >= 0.6 is 11.6 Å². The predicted octanol–water partition coefficient (Wildman–Crippen LogP) is 2.55. The van der Waals surface area contributed by atoms with Crippen molar-refractivity contribution in [3.05, 3.63) is 34.9 Å². The lowest BCUT2D eigenvalue weighted by Gasteiger charge is -2.31. The summed E-state index contributed by atoms with van der Waals surface area (Å²) < 4.78 is 0. The topological polar surface area (TPSA) is 32.3 Å². The number of halogens is 1. The van der Waals surface area contributed by atoms with Crippen LogP contribution in [0.4, 0.5) is 0 Å². The monoisotopic (exact) mass is 227 g/mol. The average molecular weight is 228 g/mol. The Bertz CT molecular complexity index is 325. The zero-order valence-electron chi connectivity index (χ0n) is 9.42. The minimum Gasteiger partial charge on any atom is -0.384 e. The largest absolute Gasteiger partial charge is 0.384 e. The van der Waals surface area contributed by atoms with Crippen molar-refractivity contribution in [2.45, 2.75) is 32.4 Å². The minimum absolute atomic E-state index is 0.0130. The number of hydrogen-bond acceptors (Lipinski definition) is 2. The highest BCUT2D eigenvalue weighted by Gasteiger charge is 2.29. The van der Waals surface area contributed by atoms with Gasteiger partial charge in [0.1, 0.15) is 5.60 Å². The fourth-order valence-electron chi connectivity index (χ4n) is 1.56. The molecule has 0 aliphatic rings. The molecule has 0 amide bonds. The summed E-state index contributed by atoms with van der Waals surface area (Å²) in [6, 6.07) is 7.33. The van der Waals surface area contributed by atoms with Crippen LogP contribution in [0.3, 0.4) is 0 Å². The Balaban J connectivity index is 2.94. The molecule has 0 heterocycles. The molecule has 84 valence electrons. The first kappa shape index (κ1) is 12.5. The lowest BCUT2D eigenvalue weighted by molar-refractivity contribution is 0.0221. The lowest BCUT2D eigenvalue weighted by atomic mass is 9.89. The van der Waals surface area contributed by atoms with Crippen molar-refractivity contribution < 1.29 is 5.11 Å². The summed E-state index contributed by atoms with van der Waals surface area (Å²) in [7, 11) is 0. The van der Waals surface area contributed by atoms with Gasteiger partial charge in [0.2, 0.25) is 0 Å². The Morgan fingerprint density at radius 3 is 2.73 bits per heavy atom. The van der Waals surface area contributed by atoms with Gasteiger partial charge in [-0.25, -0.2) is 0 Å². The molecule has 2 nitrogen and oxygen atoms in total. The summed E-state index contributed by atoms with van der Waals surface area (Å²) >= 11 is 5.90. The van der Waals surface area contributed by atoms with Gasteiger partial charge in [0, 0.05) is 11.1 Å². The molecule has 3 heteroatoms. The highest BCUT2D eigenvalue weighted by Crippen LogP contribution is 2.26. The maximum Gasteiger partial charge on any atom is 0.102 e. The van der Waals surface area contributed by atoms with Crippen LogP contribution in [0.2, 0.25) is 5.02 Å². The molecule has 1 aromatic rings. The first-order valence-corrected chi connectivity index (χ1v) is 5.58. The molecular formula is C12H18ClNO. The molecule has 1 rings (SSSR count). The number of aliphatic hydroxyl groups is 1. The Morgan fingerprint density at radius 2 is 2.20 bits per heavy atom. The summed E-state index contributed by atoms with van der Waals surface area (Å²) in [4.78, 5) is 0. The van der Waals surface area contributed by atoms with Crippen LogP contribution in [0, 0.1) is 0 Å². The molecule has 0 saturated carbocycles. The Labute approximate surface area is 96.3 Å². The fraction of sp³-hybridized carbons (Fsp3) is 0.500. The lowest BCUT2D eigenvalue weighted by Crippen LogP contribution is -2.44. The maximum absolute atomic E-state index is 10.4. The molecule has 1 aromatic carbocycles. The number of rotatable bonds is 4. The van der Waals surface area contributed by atoms with Crippen molar-refractivity contribution in [1.82, 2.24) is 5.32 Å². The zero-order valence-corrected chi connectivity index (χ0v) is 10.2. The molecule has 2 unspecified atom stereocenters. The smallest absolute Gasteiger partial charge is 0.102 e. The van der Waals surface area contributed by atoms with E-state index in [0.29, 0.717) is 5.02 Å². The van der Waals surface area contributed by atoms with Gasteiger partial charge in [0.15, 0.2) is 0 Å². The SMILES string of the molecule is CCNC(C)C(C)(O)c1cccc(Cl)c1. The fourth-order valence-corrected chi connectivity index (χ4v) is 1.75. The Morgan fingerprint density at radius 1 is 1.53 bits per heavy atom. The van der Waals surface area contributed by atoms with E-state index in [-0.39, 0.29) is 6.04 Å². The molecule has 0 spiro atoms. The minimum atomic E-state index is -0.902.